The Morgan fingerprint density at radius 1 is 0.903 bits per heavy atom. The molecule has 0 atom stereocenters. The SMILES string of the molecule is COc1ccc(N2C(=O)NC(=O)/C(=C/c3cc(C)n(-c4ccccc4)c3C)C2=O)cc1. The van der Waals surface area contributed by atoms with Gasteiger partial charge in [0.1, 0.15) is 11.3 Å². The summed E-state index contributed by atoms with van der Waals surface area (Å²) in [5.41, 5.74) is 3.78. The van der Waals surface area contributed by atoms with E-state index in [1.165, 1.54) is 13.2 Å². The Morgan fingerprint density at radius 3 is 2.23 bits per heavy atom. The summed E-state index contributed by atoms with van der Waals surface area (Å²) in [5, 5.41) is 2.25. The number of benzene rings is 2. The zero-order chi connectivity index (χ0) is 22.1. The van der Waals surface area contributed by atoms with E-state index in [-0.39, 0.29) is 5.57 Å². The number of rotatable bonds is 4. The van der Waals surface area contributed by atoms with Crippen molar-refractivity contribution in [3.05, 3.63) is 83.2 Å². The Labute approximate surface area is 179 Å². The quantitative estimate of drug-likeness (QED) is 0.520. The number of imide groups is 2. The van der Waals surface area contributed by atoms with E-state index in [0.717, 1.165) is 27.5 Å². The molecule has 0 bridgehead atoms. The highest BCUT2D eigenvalue weighted by molar-refractivity contribution is 6.39. The molecular formula is C24H21N3O4. The Balaban J connectivity index is 1.74. The normalized spacial score (nSPS) is 15.4. The summed E-state index contributed by atoms with van der Waals surface area (Å²) in [7, 11) is 1.53. The molecule has 31 heavy (non-hydrogen) atoms. The second kappa shape index (κ2) is 7.95. The third-order valence-corrected chi connectivity index (χ3v) is 5.22. The van der Waals surface area contributed by atoms with Crippen LogP contribution in [0.2, 0.25) is 0 Å². The minimum Gasteiger partial charge on any atom is -0.497 e. The number of nitrogens with zero attached hydrogens (tertiary/aromatic N) is 2. The zero-order valence-corrected chi connectivity index (χ0v) is 17.4. The van der Waals surface area contributed by atoms with Crippen LogP contribution < -0.4 is 15.0 Å². The van der Waals surface area contributed by atoms with Crippen LogP contribution in [0.5, 0.6) is 5.75 Å². The first kappa shape index (κ1) is 20.2. The fourth-order valence-electron chi connectivity index (χ4n) is 3.69. The first-order valence-corrected chi connectivity index (χ1v) is 9.70. The van der Waals surface area contributed by atoms with Gasteiger partial charge in [-0.1, -0.05) is 18.2 Å². The van der Waals surface area contributed by atoms with E-state index in [1.807, 2.05) is 54.8 Å². The molecule has 1 aliphatic heterocycles. The maximum atomic E-state index is 13.1. The summed E-state index contributed by atoms with van der Waals surface area (Å²) in [6.07, 6.45) is 1.53. The fourth-order valence-corrected chi connectivity index (χ4v) is 3.69. The number of aryl methyl sites for hydroxylation is 1. The van der Waals surface area contributed by atoms with Crippen LogP contribution in [0.15, 0.2) is 66.2 Å². The summed E-state index contributed by atoms with van der Waals surface area (Å²) in [5.74, 6) is -0.804. The maximum Gasteiger partial charge on any atom is 0.335 e. The van der Waals surface area contributed by atoms with Crippen LogP contribution in [-0.4, -0.2) is 29.5 Å². The molecule has 3 aromatic rings. The third-order valence-electron chi connectivity index (χ3n) is 5.22. The highest BCUT2D eigenvalue weighted by atomic mass is 16.5. The molecule has 7 heteroatoms. The molecule has 1 aromatic heterocycles. The predicted octanol–water partition coefficient (Wildman–Crippen LogP) is 3.77. The monoisotopic (exact) mass is 415 g/mol. The predicted molar refractivity (Wildman–Crippen MR) is 117 cm³/mol. The van der Waals surface area contributed by atoms with E-state index in [2.05, 4.69) is 5.32 Å². The lowest BCUT2D eigenvalue weighted by Crippen LogP contribution is -2.54. The van der Waals surface area contributed by atoms with Gasteiger partial charge in [-0.05, 0) is 68.0 Å². The maximum absolute atomic E-state index is 13.1. The van der Waals surface area contributed by atoms with Gasteiger partial charge in [0.05, 0.1) is 12.8 Å². The molecule has 0 unspecified atom stereocenters. The van der Waals surface area contributed by atoms with Crippen molar-refractivity contribution in [3.8, 4) is 11.4 Å². The van der Waals surface area contributed by atoms with E-state index >= 15 is 0 Å². The van der Waals surface area contributed by atoms with Gasteiger partial charge in [0.15, 0.2) is 0 Å². The van der Waals surface area contributed by atoms with Gasteiger partial charge in [-0.2, -0.15) is 0 Å². The minimum atomic E-state index is -0.785. The van der Waals surface area contributed by atoms with Gasteiger partial charge in [-0.3, -0.25) is 14.9 Å². The van der Waals surface area contributed by atoms with Crippen molar-refractivity contribution in [2.24, 2.45) is 0 Å². The van der Waals surface area contributed by atoms with Crippen LogP contribution in [-0.2, 0) is 9.59 Å². The Bertz CT molecular complexity index is 1210. The molecule has 1 saturated heterocycles. The van der Waals surface area contributed by atoms with Crippen molar-refractivity contribution in [1.82, 2.24) is 9.88 Å². The highest BCUT2D eigenvalue weighted by Crippen LogP contribution is 2.27. The number of carbonyl (C=O) groups is 3. The molecule has 7 nitrogen and oxygen atoms in total. The molecule has 0 saturated carbocycles. The van der Waals surface area contributed by atoms with Gasteiger partial charge in [-0.15, -0.1) is 0 Å². The van der Waals surface area contributed by atoms with E-state index in [0.29, 0.717) is 11.4 Å². The molecule has 4 amide bonds. The lowest BCUT2D eigenvalue weighted by atomic mass is 10.1. The van der Waals surface area contributed by atoms with Crippen LogP contribution in [0.4, 0.5) is 10.5 Å². The van der Waals surface area contributed by atoms with Crippen LogP contribution in [0.1, 0.15) is 17.0 Å². The second-order valence-electron chi connectivity index (χ2n) is 7.15. The van der Waals surface area contributed by atoms with E-state index < -0.39 is 17.8 Å². The van der Waals surface area contributed by atoms with Gasteiger partial charge in [0.2, 0.25) is 0 Å². The summed E-state index contributed by atoms with van der Waals surface area (Å²) < 4.78 is 7.16. The number of hydrogen-bond acceptors (Lipinski definition) is 4. The first-order valence-electron chi connectivity index (χ1n) is 9.70. The molecule has 2 aromatic carbocycles. The summed E-state index contributed by atoms with van der Waals surface area (Å²) in [6, 6.07) is 17.4. The number of carbonyl (C=O) groups excluding carboxylic acids is 3. The molecule has 1 fully saturated rings. The van der Waals surface area contributed by atoms with Gasteiger partial charge in [0.25, 0.3) is 11.8 Å². The molecular weight excluding hydrogens is 394 g/mol. The third kappa shape index (κ3) is 3.61. The fraction of sp³-hybridized carbons (Fsp3) is 0.125. The summed E-state index contributed by atoms with van der Waals surface area (Å²) in [6.45, 7) is 3.88. The molecule has 156 valence electrons. The average molecular weight is 415 g/mol. The number of nitrogens with one attached hydrogen (secondary N) is 1. The van der Waals surface area contributed by atoms with Crippen molar-refractivity contribution in [3.63, 3.8) is 0 Å². The van der Waals surface area contributed by atoms with Gasteiger partial charge in [-0.25, -0.2) is 9.69 Å². The number of ether oxygens (including phenoxy) is 1. The van der Waals surface area contributed by atoms with Gasteiger partial charge in [0, 0.05) is 17.1 Å². The molecule has 1 N–H and O–H groups in total. The second-order valence-corrected chi connectivity index (χ2v) is 7.15. The van der Waals surface area contributed by atoms with Gasteiger partial charge >= 0.3 is 6.03 Å². The topological polar surface area (TPSA) is 80.6 Å². The standard InChI is InChI=1S/C24H21N3O4/c1-15-13-17(16(2)26(15)18-7-5-4-6-8-18)14-21-22(28)25-24(30)27(23(21)29)19-9-11-20(31-3)12-10-19/h4-14H,1-3H3,(H,25,28,30)/b21-14-. The Morgan fingerprint density at radius 2 is 1.58 bits per heavy atom. The number of hydrogen-bond donors (Lipinski definition) is 1. The van der Waals surface area contributed by atoms with Gasteiger partial charge < -0.3 is 9.30 Å². The smallest absolute Gasteiger partial charge is 0.335 e. The van der Waals surface area contributed by atoms with Crippen molar-refractivity contribution in [2.75, 3.05) is 12.0 Å². The van der Waals surface area contributed by atoms with Crippen molar-refractivity contribution in [1.29, 1.82) is 0 Å². The molecule has 0 spiro atoms. The number of anilines is 1. The number of aromatic nitrogens is 1. The first-order chi connectivity index (χ1) is 14.9. The van der Waals surface area contributed by atoms with Crippen molar-refractivity contribution in [2.45, 2.75) is 13.8 Å². The van der Waals surface area contributed by atoms with Crippen LogP contribution in [0, 0.1) is 13.8 Å². The summed E-state index contributed by atoms with van der Waals surface area (Å²) in [4.78, 5) is 38.9. The van der Waals surface area contributed by atoms with Crippen molar-refractivity contribution >= 4 is 29.6 Å². The van der Waals surface area contributed by atoms with Crippen LogP contribution in [0.25, 0.3) is 11.8 Å². The molecule has 0 radical (unpaired) electrons. The number of amides is 4. The highest BCUT2D eigenvalue weighted by Gasteiger charge is 2.37. The zero-order valence-electron chi connectivity index (χ0n) is 17.4. The summed E-state index contributed by atoms with van der Waals surface area (Å²) >= 11 is 0. The lowest BCUT2D eigenvalue weighted by Gasteiger charge is -2.26. The minimum absolute atomic E-state index is 0.108. The Kier molecular flexibility index (Phi) is 5.17. The molecule has 1 aliphatic rings. The van der Waals surface area contributed by atoms with E-state index in [4.69, 9.17) is 4.74 Å². The van der Waals surface area contributed by atoms with E-state index in [1.54, 1.807) is 24.3 Å². The molecule has 2 heterocycles. The number of para-hydroxylation sites is 1. The Hall–Kier alpha value is -4.13. The van der Waals surface area contributed by atoms with Crippen LogP contribution in [0.3, 0.4) is 0 Å². The van der Waals surface area contributed by atoms with Crippen molar-refractivity contribution < 1.29 is 19.1 Å². The number of urea groups is 1. The average Bonchev–Trinajstić information content (AvgIpc) is 3.05. The number of methoxy groups -OCH3 is 1. The lowest BCUT2D eigenvalue weighted by molar-refractivity contribution is -0.122. The van der Waals surface area contributed by atoms with Crippen LogP contribution >= 0.6 is 0 Å². The molecule has 4 rings (SSSR count). The largest absolute Gasteiger partial charge is 0.497 e. The molecule has 0 aliphatic carbocycles. The number of barbiturate groups is 1. The van der Waals surface area contributed by atoms with E-state index in [9.17, 15) is 14.4 Å².